The number of fused-ring (bicyclic) bond motifs is 1. The number of carbonyl (C=O) groups excluding carboxylic acids is 1. The number of rotatable bonds is 8. The predicted molar refractivity (Wildman–Crippen MR) is 148 cm³/mol. The monoisotopic (exact) mass is 573 g/mol. The number of nitriles is 1. The summed E-state index contributed by atoms with van der Waals surface area (Å²) < 4.78 is 12.1. The average molecular weight is 575 g/mol. The third-order valence-corrected chi connectivity index (χ3v) is 7.97. The van der Waals surface area contributed by atoms with Crippen molar-refractivity contribution in [1.29, 1.82) is 5.26 Å². The Bertz CT molecular complexity index is 1470. The van der Waals surface area contributed by atoms with Gasteiger partial charge >= 0.3 is 0 Å². The first kappa shape index (κ1) is 25.0. The largest absolute Gasteiger partial charge is 0.488 e. The van der Waals surface area contributed by atoms with Crippen molar-refractivity contribution in [2.45, 2.75) is 38.8 Å². The number of nitrogens with one attached hydrogen (secondary N) is 1. The van der Waals surface area contributed by atoms with Gasteiger partial charge in [0.1, 0.15) is 23.1 Å². The van der Waals surface area contributed by atoms with Crippen LogP contribution in [-0.2, 0) is 26.0 Å². The molecule has 0 radical (unpaired) electrons. The Morgan fingerprint density at radius 3 is 2.78 bits per heavy atom. The molecule has 0 aliphatic heterocycles. The Balaban J connectivity index is 1.30. The molecule has 1 aliphatic carbocycles. The Kier molecular flexibility index (Phi) is 7.83. The van der Waals surface area contributed by atoms with Crippen molar-refractivity contribution in [3.63, 3.8) is 0 Å². The van der Waals surface area contributed by atoms with Crippen molar-refractivity contribution in [2.24, 2.45) is 4.99 Å². The maximum atomic E-state index is 13.2. The lowest BCUT2D eigenvalue weighted by molar-refractivity contribution is 0.0948. The smallest absolute Gasteiger partial charge is 0.255 e. The zero-order valence-corrected chi connectivity index (χ0v) is 22.4. The summed E-state index contributed by atoms with van der Waals surface area (Å²) in [5, 5.41) is 12.7. The number of hydrogen-bond donors (Lipinski definition) is 1. The number of ether oxygens (including phenoxy) is 1. The van der Waals surface area contributed by atoms with E-state index in [4.69, 9.17) is 19.4 Å². The second-order valence-electron chi connectivity index (χ2n) is 8.70. The lowest BCUT2D eigenvalue weighted by Crippen LogP contribution is -2.23. The summed E-state index contributed by atoms with van der Waals surface area (Å²) in [6.07, 6.45) is 7.51. The Morgan fingerprint density at radius 2 is 2.03 bits per heavy atom. The molecule has 8 heteroatoms. The summed E-state index contributed by atoms with van der Waals surface area (Å²) in [5.74, 6) is 1.32. The van der Waals surface area contributed by atoms with Gasteiger partial charge in [0.05, 0.1) is 34.5 Å². The van der Waals surface area contributed by atoms with E-state index < -0.39 is 0 Å². The van der Waals surface area contributed by atoms with Crippen molar-refractivity contribution in [1.82, 2.24) is 5.32 Å². The molecule has 0 spiro atoms. The summed E-state index contributed by atoms with van der Waals surface area (Å²) in [6, 6.07) is 18.9. The Labute approximate surface area is 227 Å². The third kappa shape index (κ3) is 6.01. The third-order valence-electron chi connectivity index (χ3n) is 6.15. The number of carbonyl (C=O) groups is 1. The highest BCUT2D eigenvalue weighted by Crippen LogP contribution is 2.40. The first-order valence-electron chi connectivity index (χ1n) is 12.0. The maximum absolute atomic E-state index is 13.2. The summed E-state index contributed by atoms with van der Waals surface area (Å²) in [7, 11) is 0. The van der Waals surface area contributed by atoms with E-state index in [1.165, 1.54) is 4.88 Å². The number of halogens is 1. The normalized spacial score (nSPS) is 12.8. The highest BCUT2D eigenvalue weighted by molar-refractivity contribution is 9.10. The van der Waals surface area contributed by atoms with Crippen molar-refractivity contribution in [3.05, 3.63) is 104 Å². The van der Waals surface area contributed by atoms with E-state index in [1.54, 1.807) is 35.9 Å². The SMILES string of the molecule is N#Cc1ccc(COc2ccc(C=Nc3sc4c(c3C(=O)NCc3ccco3)CCCC4)cc2Br)cc1. The van der Waals surface area contributed by atoms with Gasteiger partial charge in [-0.3, -0.25) is 4.79 Å². The fraction of sp³-hybridized carbons (Fsp3) is 0.207. The number of aryl methyl sites for hydroxylation is 1. The van der Waals surface area contributed by atoms with Crippen LogP contribution in [0.3, 0.4) is 0 Å². The van der Waals surface area contributed by atoms with E-state index >= 15 is 0 Å². The zero-order valence-electron chi connectivity index (χ0n) is 20.0. The van der Waals surface area contributed by atoms with Gasteiger partial charge in [0, 0.05) is 11.1 Å². The van der Waals surface area contributed by atoms with Crippen molar-refractivity contribution < 1.29 is 13.9 Å². The molecule has 186 valence electrons. The fourth-order valence-corrected chi connectivity index (χ4v) is 5.97. The first-order chi connectivity index (χ1) is 18.1. The molecule has 2 aromatic carbocycles. The summed E-state index contributed by atoms with van der Waals surface area (Å²) in [4.78, 5) is 19.2. The molecule has 6 nitrogen and oxygen atoms in total. The van der Waals surface area contributed by atoms with E-state index in [0.717, 1.165) is 51.8 Å². The van der Waals surface area contributed by atoms with Gasteiger partial charge in [-0.1, -0.05) is 12.1 Å². The van der Waals surface area contributed by atoms with Crippen molar-refractivity contribution in [3.8, 4) is 11.8 Å². The van der Waals surface area contributed by atoms with Crippen LogP contribution in [0.2, 0.25) is 0 Å². The number of benzene rings is 2. The number of amides is 1. The molecule has 0 bridgehead atoms. The molecule has 1 aliphatic rings. The second kappa shape index (κ2) is 11.6. The van der Waals surface area contributed by atoms with Crippen LogP contribution in [0.1, 0.15) is 56.1 Å². The summed E-state index contributed by atoms with van der Waals surface area (Å²) in [5.41, 5.74) is 4.32. The van der Waals surface area contributed by atoms with Gasteiger partial charge in [-0.25, -0.2) is 4.99 Å². The summed E-state index contributed by atoms with van der Waals surface area (Å²) >= 11 is 5.20. The molecule has 1 amide bonds. The van der Waals surface area contributed by atoms with E-state index in [-0.39, 0.29) is 5.91 Å². The fourth-order valence-electron chi connectivity index (χ4n) is 4.23. The molecule has 37 heavy (non-hydrogen) atoms. The predicted octanol–water partition coefficient (Wildman–Crippen LogP) is 7.11. The summed E-state index contributed by atoms with van der Waals surface area (Å²) in [6.45, 7) is 0.742. The maximum Gasteiger partial charge on any atom is 0.255 e. The molecular weight excluding hydrogens is 550 g/mol. The molecule has 5 rings (SSSR count). The molecule has 0 fully saturated rings. The minimum Gasteiger partial charge on any atom is -0.488 e. The van der Waals surface area contributed by atoms with Crippen LogP contribution in [-0.4, -0.2) is 12.1 Å². The van der Waals surface area contributed by atoms with Gasteiger partial charge in [-0.15, -0.1) is 11.3 Å². The molecule has 2 aromatic heterocycles. The van der Waals surface area contributed by atoms with Crippen molar-refractivity contribution in [2.75, 3.05) is 0 Å². The van der Waals surface area contributed by atoms with Crippen LogP contribution >= 0.6 is 27.3 Å². The van der Waals surface area contributed by atoms with Gasteiger partial charge in [0.15, 0.2) is 0 Å². The lowest BCUT2D eigenvalue weighted by atomic mass is 9.95. The number of aliphatic imine (C=N–C) groups is 1. The van der Waals surface area contributed by atoms with Crippen LogP contribution in [0.25, 0.3) is 0 Å². The van der Waals surface area contributed by atoms with E-state index in [0.29, 0.717) is 35.8 Å². The first-order valence-corrected chi connectivity index (χ1v) is 13.6. The molecule has 0 saturated carbocycles. The Morgan fingerprint density at radius 1 is 1.19 bits per heavy atom. The zero-order chi connectivity index (χ0) is 25.6. The van der Waals surface area contributed by atoms with Gasteiger partial charge < -0.3 is 14.5 Å². The van der Waals surface area contributed by atoms with Crippen LogP contribution in [0.4, 0.5) is 5.00 Å². The van der Waals surface area contributed by atoms with E-state index in [1.807, 2.05) is 42.5 Å². The van der Waals surface area contributed by atoms with Crippen LogP contribution in [0.5, 0.6) is 5.75 Å². The van der Waals surface area contributed by atoms with E-state index in [2.05, 4.69) is 27.3 Å². The standard InChI is InChI=1S/C29H24BrN3O3S/c30-24-14-21(11-12-25(24)36-18-20-9-7-19(15-31)8-10-20)16-33-29-27(23-5-1-2-6-26(23)37-29)28(34)32-17-22-4-3-13-35-22/h3-4,7-14,16H,1-2,5-6,17-18H2,(H,32,34). The van der Waals surface area contributed by atoms with Gasteiger partial charge in [-0.2, -0.15) is 5.26 Å². The van der Waals surface area contributed by atoms with Gasteiger partial charge in [0.25, 0.3) is 5.91 Å². The van der Waals surface area contributed by atoms with Crippen LogP contribution in [0, 0.1) is 11.3 Å². The average Bonchev–Trinajstić information content (AvgIpc) is 3.58. The number of thiophene rings is 1. The van der Waals surface area contributed by atoms with E-state index in [9.17, 15) is 4.79 Å². The Hall–Kier alpha value is -3.67. The molecule has 2 heterocycles. The molecule has 4 aromatic rings. The van der Waals surface area contributed by atoms with Gasteiger partial charge in [0.2, 0.25) is 0 Å². The second-order valence-corrected chi connectivity index (χ2v) is 10.6. The quantitative estimate of drug-likeness (QED) is 0.227. The van der Waals surface area contributed by atoms with Gasteiger partial charge in [-0.05, 0) is 101 Å². The van der Waals surface area contributed by atoms with Crippen molar-refractivity contribution >= 4 is 44.4 Å². The van der Waals surface area contributed by atoms with Crippen LogP contribution < -0.4 is 10.1 Å². The minimum atomic E-state index is -0.115. The van der Waals surface area contributed by atoms with Crippen LogP contribution in [0.15, 0.2) is 74.7 Å². The lowest BCUT2D eigenvalue weighted by Gasteiger charge is -2.12. The highest BCUT2D eigenvalue weighted by Gasteiger charge is 2.25. The molecule has 0 saturated heterocycles. The topological polar surface area (TPSA) is 87.6 Å². The highest BCUT2D eigenvalue weighted by atomic mass is 79.9. The number of nitrogens with zero attached hydrogens (tertiary/aromatic N) is 2. The number of hydrogen-bond acceptors (Lipinski definition) is 6. The molecule has 0 unspecified atom stereocenters. The minimum absolute atomic E-state index is 0.115. The molecule has 1 N–H and O–H groups in total. The number of furan rings is 1. The molecular formula is C29H24BrN3O3S. The molecule has 0 atom stereocenters.